The van der Waals surface area contributed by atoms with E-state index >= 15 is 0 Å². The van der Waals surface area contributed by atoms with Crippen LogP contribution in [0.2, 0.25) is 0 Å². The molecular weight excluding hydrogens is 363 g/mol. The molecule has 0 aliphatic carbocycles. The van der Waals surface area contributed by atoms with E-state index in [1.54, 1.807) is 13.8 Å². The lowest BCUT2D eigenvalue weighted by atomic mass is 9.99. The number of nitrogens with zero attached hydrogens (tertiary/aromatic N) is 1. The van der Waals surface area contributed by atoms with Gasteiger partial charge >= 0.3 is 6.36 Å². The van der Waals surface area contributed by atoms with Gasteiger partial charge in [0, 0.05) is 23.9 Å². The van der Waals surface area contributed by atoms with E-state index < -0.39 is 23.6 Å². The molecule has 0 saturated carbocycles. The topological polar surface area (TPSA) is 95.0 Å². The average molecular weight is 379 g/mol. The van der Waals surface area contributed by atoms with Crippen LogP contribution in [0, 0.1) is 25.2 Å². The second-order valence-electron chi connectivity index (χ2n) is 5.79. The third kappa shape index (κ3) is 5.34. The number of benzene rings is 1. The van der Waals surface area contributed by atoms with Crippen LogP contribution in [0.1, 0.15) is 28.8 Å². The molecule has 1 aromatic carbocycles. The van der Waals surface area contributed by atoms with E-state index in [2.05, 4.69) is 15.0 Å². The number of halogens is 3. The molecule has 142 valence electrons. The zero-order valence-corrected chi connectivity index (χ0v) is 14.5. The number of ether oxygens (including phenoxy) is 1. The quantitative estimate of drug-likeness (QED) is 0.833. The highest BCUT2D eigenvalue weighted by Crippen LogP contribution is 2.25. The van der Waals surface area contributed by atoms with Crippen LogP contribution >= 0.6 is 0 Å². The van der Waals surface area contributed by atoms with Gasteiger partial charge in [0.2, 0.25) is 5.91 Å². The van der Waals surface area contributed by atoms with Crippen LogP contribution < -0.4 is 15.6 Å². The van der Waals surface area contributed by atoms with Gasteiger partial charge in [0.15, 0.2) is 0 Å². The summed E-state index contributed by atoms with van der Waals surface area (Å²) < 4.78 is 40.6. The maximum Gasteiger partial charge on any atom is 0.573 e. The Balaban J connectivity index is 2.07. The summed E-state index contributed by atoms with van der Waals surface area (Å²) in [6.07, 6.45) is -4.54. The lowest BCUT2D eigenvalue weighted by molar-refractivity contribution is -0.274. The maximum absolute atomic E-state index is 12.3. The first-order valence-electron chi connectivity index (χ1n) is 7.89. The first-order chi connectivity index (χ1) is 12.6. The number of hydrogen-bond donors (Lipinski definition) is 2. The average Bonchev–Trinajstić information content (AvgIpc) is 2.53. The number of rotatable bonds is 5. The molecule has 1 heterocycles. The fraction of sp³-hybridized carbons (Fsp3) is 0.278. The van der Waals surface area contributed by atoms with Gasteiger partial charge in [-0.25, -0.2) is 0 Å². The Morgan fingerprint density at radius 1 is 1.33 bits per heavy atom. The standard InChI is InChI=1S/C18H16F3N3O3/c1-10-14(11(2)23-17(26)15(10)9-22)6-7-16(25)24-12-4-3-5-13(8-12)27-18(19,20)21/h3-5,8H,6-7H2,1-2H3,(H,23,26)(H,24,25). The molecule has 2 rings (SSSR count). The Morgan fingerprint density at radius 3 is 2.67 bits per heavy atom. The number of aromatic nitrogens is 1. The Hall–Kier alpha value is -3.28. The molecule has 1 aromatic heterocycles. The second kappa shape index (κ2) is 7.95. The van der Waals surface area contributed by atoms with Gasteiger partial charge in [-0.2, -0.15) is 5.26 Å². The Kier molecular flexibility index (Phi) is 5.90. The molecule has 0 bridgehead atoms. The van der Waals surface area contributed by atoms with E-state index in [-0.39, 0.29) is 24.1 Å². The molecule has 0 saturated heterocycles. The van der Waals surface area contributed by atoms with E-state index in [9.17, 15) is 22.8 Å². The van der Waals surface area contributed by atoms with Gasteiger partial charge in [-0.1, -0.05) is 6.07 Å². The summed E-state index contributed by atoms with van der Waals surface area (Å²) in [7, 11) is 0. The molecule has 2 N–H and O–H groups in total. The van der Waals surface area contributed by atoms with Crippen molar-refractivity contribution in [3.63, 3.8) is 0 Å². The predicted octanol–water partition coefficient (Wildman–Crippen LogP) is 3.33. The van der Waals surface area contributed by atoms with Gasteiger partial charge in [0.05, 0.1) is 0 Å². The Labute approximate surface area is 152 Å². The lowest BCUT2D eigenvalue weighted by Crippen LogP contribution is -2.19. The smallest absolute Gasteiger partial charge is 0.406 e. The number of hydrogen-bond acceptors (Lipinski definition) is 4. The van der Waals surface area contributed by atoms with Crippen LogP contribution in [0.5, 0.6) is 5.75 Å². The molecule has 6 nitrogen and oxygen atoms in total. The monoisotopic (exact) mass is 379 g/mol. The lowest BCUT2D eigenvalue weighted by Gasteiger charge is -2.12. The van der Waals surface area contributed by atoms with E-state index in [4.69, 9.17) is 5.26 Å². The molecular formula is C18H16F3N3O3. The summed E-state index contributed by atoms with van der Waals surface area (Å²) in [4.78, 5) is 26.4. The normalized spacial score (nSPS) is 11.0. The summed E-state index contributed by atoms with van der Waals surface area (Å²) in [5, 5.41) is 11.5. The molecule has 0 radical (unpaired) electrons. The number of pyridine rings is 1. The van der Waals surface area contributed by atoms with Crippen molar-refractivity contribution in [3.05, 3.63) is 57.0 Å². The Morgan fingerprint density at radius 2 is 2.04 bits per heavy atom. The molecule has 0 fully saturated rings. The first-order valence-corrected chi connectivity index (χ1v) is 7.89. The molecule has 1 amide bonds. The van der Waals surface area contributed by atoms with Crippen LogP contribution in [0.3, 0.4) is 0 Å². The van der Waals surface area contributed by atoms with Gasteiger partial charge in [-0.05, 0) is 43.5 Å². The zero-order valence-electron chi connectivity index (χ0n) is 14.5. The number of carbonyl (C=O) groups excluding carboxylic acids is 1. The van der Waals surface area contributed by atoms with E-state index in [1.165, 1.54) is 12.1 Å². The summed E-state index contributed by atoms with van der Waals surface area (Å²) >= 11 is 0. The molecule has 0 unspecified atom stereocenters. The number of nitrogens with one attached hydrogen (secondary N) is 2. The highest BCUT2D eigenvalue weighted by atomic mass is 19.4. The van der Waals surface area contributed by atoms with Gasteiger partial charge in [0.25, 0.3) is 5.56 Å². The molecule has 0 atom stereocenters. The second-order valence-corrected chi connectivity index (χ2v) is 5.79. The summed E-state index contributed by atoms with van der Waals surface area (Å²) in [6.45, 7) is 3.30. The minimum absolute atomic E-state index is 0.00647. The number of aryl methyl sites for hydroxylation is 1. The fourth-order valence-electron chi connectivity index (χ4n) is 2.65. The molecule has 2 aromatic rings. The number of amides is 1. The van der Waals surface area contributed by atoms with E-state index in [0.717, 1.165) is 12.1 Å². The molecule has 27 heavy (non-hydrogen) atoms. The number of alkyl halides is 3. The van der Waals surface area contributed by atoms with Crippen molar-refractivity contribution < 1.29 is 22.7 Å². The van der Waals surface area contributed by atoms with E-state index in [0.29, 0.717) is 16.8 Å². The van der Waals surface area contributed by atoms with Crippen LogP contribution in [0.25, 0.3) is 0 Å². The number of anilines is 1. The van der Waals surface area contributed by atoms with Gasteiger partial charge in [-0.3, -0.25) is 9.59 Å². The van der Waals surface area contributed by atoms with Crippen molar-refractivity contribution in [2.24, 2.45) is 0 Å². The summed E-state index contributed by atoms with van der Waals surface area (Å²) in [5.74, 6) is -0.867. The van der Waals surface area contributed by atoms with Crippen molar-refractivity contribution in [1.29, 1.82) is 5.26 Å². The van der Waals surface area contributed by atoms with Crippen molar-refractivity contribution >= 4 is 11.6 Å². The van der Waals surface area contributed by atoms with Crippen molar-refractivity contribution in [2.75, 3.05) is 5.32 Å². The zero-order chi connectivity index (χ0) is 20.2. The Bertz CT molecular complexity index is 959. The first kappa shape index (κ1) is 20.0. The SMILES string of the molecule is Cc1[nH]c(=O)c(C#N)c(C)c1CCC(=O)Nc1cccc(OC(F)(F)F)c1. The molecule has 0 aliphatic rings. The van der Waals surface area contributed by atoms with Crippen LogP contribution in [0.4, 0.5) is 18.9 Å². The van der Waals surface area contributed by atoms with Crippen LogP contribution in [-0.2, 0) is 11.2 Å². The maximum atomic E-state index is 12.3. The van der Waals surface area contributed by atoms with Crippen LogP contribution in [-0.4, -0.2) is 17.3 Å². The fourth-order valence-corrected chi connectivity index (χ4v) is 2.65. The number of carbonyl (C=O) groups is 1. The molecule has 0 aliphatic heterocycles. The largest absolute Gasteiger partial charge is 0.573 e. The highest BCUT2D eigenvalue weighted by Gasteiger charge is 2.31. The van der Waals surface area contributed by atoms with Gasteiger partial charge in [-0.15, -0.1) is 13.2 Å². The number of H-pyrrole nitrogens is 1. The van der Waals surface area contributed by atoms with Crippen LogP contribution in [0.15, 0.2) is 29.1 Å². The van der Waals surface area contributed by atoms with Crippen molar-refractivity contribution in [1.82, 2.24) is 4.98 Å². The van der Waals surface area contributed by atoms with Crippen molar-refractivity contribution in [3.8, 4) is 11.8 Å². The highest BCUT2D eigenvalue weighted by molar-refractivity contribution is 5.91. The summed E-state index contributed by atoms with van der Waals surface area (Å²) in [6, 6.07) is 6.78. The third-order valence-corrected chi connectivity index (χ3v) is 3.87. The van der Waals surface area contributed by atoms with Crippen molar-refractivity contribution in [2.45, 2.75) is 33.1 Å². The number of nitriles is 1. The number of aromatic amines is 1. The van der Waals surface area contributed by atoms with Gasteiger partial charge < -0.3 is 15.0 Å². The predicted molar refractivity (Wildman–Crippen MR) is 91.3 cm³/mol. The molecule has 9 heteroatoms. The minimum Gasteiger partial charge on any atom is -0.406 e. The third-order valence-electron chi connectivity index (χ3n) is 3.87. The van der Waals surface area contributed by atoms with Gasteiger partial charge in [0.1, 0.15) is 17.4 Å². The summed E-state index contributed by atoms with van der Waals surface area (Å²) in [5.41, 5.74) is 1.41. The minimum atomic E-state index is -4.82. The van der Waals surface area contributed by atoms with E-state index in [1.807, 2.05) is 6.07 Å². The molecule has 0 spiro atoms.